The molecule has 0 heterocycles. The standard InChI is InChI=1S/C10H8Cl2N2O3/c11-6-3-5(4-7(12)10(6)13)14-8(15)1-2-9(16)17/h1-4H,13H2,(H,14,15)(H,16,17). The Kier molecular flexibility index (Phi) is 4.37. The lowest BCUT2D eigenvalue weighted by Gasteiger charge is -2.06. The Bertz CT molecular complexity index is 477. The summed E-state index contributed by atoms with van der Waals surface area (Å²) >= 11 is 11.5. The van der Waals surface area contributed by atoms with E-state index in [1.54, 1.807) is 0 Å². The molecule has 0 saturated heterocycles. The van der Waals surface area contributed by atoms with Crippen molar-refractivity contribution in [2.45, 2.75) is 0 Å². The molecule has 1 amide bonds. The second kappa shape index (κ2) is 5.56. The lowest BCUT2D eigenvalue weighted by molar-refractivity contribution is -0.131. The van der Waals surface area contributed by atoms with Gasteiger partial charge in [0.2, 0.25) is 5.91 Å². The second-order valence-electron chi connectivity index (χ2n) is 3.01. The van der Waals surface area contributed by atoms with Crippen LogP contribution in [-0.2, 0) is 9.59 Å². The molecule has 0 aliphatic rings. The number of carbonyl (C=O) groups is 2. The number of carboxylic acids is 1. The first-order valence-corrected chi connectivity index (χ1v) is 5.12. The van der Waals surface area contributed by atoms with Gasteiger partial charge in [-0.15, -0.1) is 0 Å². The van der Waals surface area contributed by atoms with E-state index in [1.165, 1.54) is 12.1 Å². The smallest absolute Gasteiger partial charge is 0.328 e. The van der Waals surface area contributed by atoms with Gasteiger partial charge in [0.25, 0.3) is 0 Å². The molecule has 0 fully saturated rings. The number of nitrogen functional groups attached to an aromatic ring is 1. The van der Waals surface area contributed by atoms with Gasteiger partial charge in [-0.1, -0.05) is 23.2 Å². The molecule has 0 unspecified atom stereocenters. The van der Waals surface area contributed by atoms with Crippen molar-refractivity contribution in [2.75, 3.05) is 11.1 Å². The Labute approximate surface area is 107 Å². The number of carboxylic acid groups (broad SMARTS) is 1. The zero-order valence-corrected chi connectivity index (χ0v) is 9.92. The summed E-state index contributed by atoms with van der Waals surface area (Å²) in [7, 11) is 0. The number of nitrogens with two attached hydrogens (primary N) is 1. The SMILES string of the molecule is Nc1c(Cl)cc(NC(=O)C=CC(=O)O)cc1Cl. The van der Waals surface area contributed by atoms with Gasteiger partial charge < -0.3 is 16.2 Å². The highest BCUT2D eigenvalue weighted by molar-refractivity contribution is 6.39. The quantitative estimate of drug-likeness (QED) is 0.582. The molecule has 1 aromatic rings. The number of hydrogen-bond donors (Lipinski definition) is 3. The topological polar surface area (TPSA) is 92.4 Å². The molecule has 0 spiro atoms. The minimum Gasteiger partial charge on any atom is -0.478 e. The molecule has 0 aliphatic carbocycles. The van der Waals surface area contributed by atoms with E-state index in [1.807, 2.05) is 0 Å². The summed E-state index contributed by atoms with van der Waals surface area (Å²) in [5.74, 6) is -1.82. The zero-order valence-electron chi connectivity index (χ0n) is 8.41. The molecule has 0 aliphatic heterocycles. The van der Waals surface area contributed by atoms with Crippen molar-refractivity contribution >= 4 is 46.5 Å². The van der Waals surface area contributed by atoms with Gasteiger partial charge in [-0.3, -0.25) is 4.79 Å². The van der Waals surface area contributed by atoms with Gasteiger partial charge in [-0.2, -0.15) is 0 Å². The molecule has 1 rings (SSSR count). The molecule has 0 atom stereocenters. The normalized spacial score (nSPS) is 10.5. The van der Waals surface area contributed by atoms with Crippen LogP contribution in [0.1, 0.15) is 0 Å². The van der Waals surface area contributed by atoms with Crippen LogP contribution in [0.4, 0.5) is 11.4 Å². The minimum atomic E-state index is -1.21. The van der Waals surface area contributed by atoms with Crippen LogP contribution < -0.4 is 11.1 Å². The minimum absolute atomic E-state index is 0.204. The number of aliphatic carboxylic acids is 1. The van der Waals surface area contributed by atoms with Crippen LogP contribution in [0.15, 0.2) is 24.3 Å². The number of rotatable bonds is 3. The Morgan fingerprint density at radius 2 is 1.76 bits per heavy atom. The predicted molar refractivity (Wildman–Crippen MR) is 66.3 cm³/mol. The van der Waals surface area contributed by atoms with Crippen molar-refractivity contribution in [3.63, 3.8) is 0 Å². The maximum Gasteiger partial charge on any atom is 0.328 e. The number of benzene rings is 1. The molecule has 4 N–H and O–H groups in total. The molecular formula is C10H8Cl2N2O3. The van der Waals surface area contributed by atoms with Gasteiger partial charge >= 0.3 is 5.97 Å². The van der Waals surface area contributed by atoms with Crippen LogP contribution in [0.3, 0.4) is 0 Å². The van der Waals surface area contributed by atoms with Crippen LogP contribution in [-0.4, -0.2) is 17.0 Å². The van der Waals surface area contributed by atoms with E-state index >= 15 is 0 Å². The van der Waals surface area contributed by atoms with Crippen molar-refractivity contribution in [1.82, 2.24) is 0 Å². The number of anilines is 2. The van der Waals surface area contributed by atoms with Gasteiger partial charge in [-0.05, 0) is 12.1 Å². The average molecular weight is 275 g/mol. The van der Waals surface area contributed by atoms with Crippen molar-refractivity contribution in [1.29, 1.82) is 0 Å². The molecule has 17 heavy (non-hydrogen) atoms. The van der Waals surface area contributed by atoms with Gasteiger partial charge in [0.1, 0.15) is 0 Å². The molecule has 7 heteroatoms. The highest BCUT2D eigenvalue weighted by atomic mass is 35.5. The average Bonchev–Trinajstić information content (AvgIpc) is 2.23. The van der Waals surface area contributed by atoms with Gasteiger partial charge in [0.15, 0.2) is 0 Å². The molecule has 1 aromatic carbocycles. The number of carbonyl (C=O) groups excluding carboxylic acids is 1. The first kappa shape index (κ1) is 13.3. The fraction of sp³-hybridized carbons (Fsp3) is 0. The van der Waals surface area contributed by atoms with E-state index in [2.05, 4.69) is 5.32 Å². The highest BCUT2D eigenvalue weighted by Gasteiger charge is 2.06. The van der Waals surface area contributed by atoms with Crippen LogP contribution in [0.25, 0.3) is 0 Å². The number of hydrogen-bond acceptors (Lipinski definition) is 3. The summed E-state index contributed by atoms with van der Waals surface area (Å²) in [6.07, 6.45) is 1.59. The maximum atomic E-state index is 11.2. The molecule has 90 valence electrons. The highest BCUT2D eigenvalue weighted by Crippen LogP contribution is 2.30. The van der Waals surface area contributed by atoms with Crippen LogP contribution in [0, 0.1) is 0 Å². The molecule has 0 bridgehead atoms. The van der Waals surface area contributed by atoms with Crippen LogP contribution >= 0.6 is 23.2 Å². The Hall–Kier alpha value is -1.72. The van der Waals surface area contributed by atoms with Gasteiger partial charge in [-0.25, -0.2) is 4.79 Å². The van der Waals surface area contributed by atoms with E-state index in [0.29, 0.717) is 5.69 Å². The summed E-state index contributed by atoms with van der Waals surface area (Å²) in [5, 5.41) is 11.1. The lowest BCUT2D eigenvalue weighted by Crippen LogP contribution is -2.09. The van der Waals surface area contributed by atoms with Crippen LogP contribution in [0.5, 0.6) is 0 Å². The van der Waals surface area contributed by atoms with Gasteiger partial charge in [0.05, 0.1) is 15.7 Å². The maximum absolute atomic E-state index is 11.2. The van der Waals surface area contributed by atoms with E-state index in [-0.39, 0.29) is 15.7 Å². The first-order chi connectivity index (χ1) is 7.90. The largest absolute Gasteiger partial charge is 0.478 e. The van der Waals surface area contributed by atoms with Crippen molar-refractivity contribution in [2.24, 2.45) is 0 Å². The monoisotopic (exact) mass is 274 g/mol. The summed E-state index contributed by atoms with van der Waals surface area (Å²) in [6, 6.07) is 2.82. The third kappa shape index (κ3) is 3.97. The van der Waals surface area contributed by atoms with Crippen LogP contribution in [0.2, 0.25) is 10.0 Å². The van der Waals surface area contributed by atoms with E-state index in [0.717, 1.165) is 12.2 Å². The first-order valence-electron chi connectivity index (χ1n) is 4.36. The molecule has 5 nitrogen and oxygen atoms in total. The third-order valence-corrected chi connectivity index (χ3v) is 2.35. The number of nitrogens with one attached hydrogen (secondary N) is 1. The second-order valence-corrected chi connectivity index (χ2v) is 3.83. The third-order valence-electron chi connectivity index (χ3n) is 1.72. The summed E-state index contributed by atoms with van der Waals surface area (Å²) in [6.45, 7) is 0. The van der Waals surface area contributed by atoms with E-state index < -0.39 is 11.9 Å². The molecule has 0 saturated carbocycles. The molecule has 0 aromatic heterocycles. The number of halogens is 2. The fourth-order valence-corrected chi connectivity index (χ4v) is 1.47. The summed E-state index contributed by atoms with van der Waals surface area (Å²) in [5.41, 5.74) is 6.05. The Morgan fingerprint density at radius 3 is 2.24 bits per heavy atom. The fourth-order valence-electron chi connectivity index (χ4n) is 0.987. The summed E-state index contributed by atoms with van der Waals surface area (Å²) < 4.78 is 0. The molecular weight excluding hydrogens is 267 g/mol. The van der Waals surface area contributed by atoms with Crippen molar-refractivity contribution in [3.8, 4) is 0 Å². The molecule has 0 radical (unpaired) electrons. The van der Waals surface area contributed by atoms with Gasteiger partial charge in [0, 0.05) is 17.8 Å². The Morgan fingerprint density at radius 1 is 1.24 bits per heavy atom. The predicted octanol–water partition coefficient (Wildman–Crippen LogP) is 2.15. The van der Waals surface area contributed by atoms with Crippen molar-refractivity contribution < 1.29 is 14.7 Å². The van der Waals surface area contributed by atoms with E-state index in [4.69, 9.17) is 34.0 Å². The number of amides is 1. The lowest BCUT2D eigenvalue weighted by atomic mass is 10.2. The summed E-state index contributed by atoms with van der Waals surface area (Å²) in [4.78, 5) is 21.4. The Balaban J connectivity index is 2.82. The van der Waals surface area contributed by atoms with Crippen molar-refractivity contribution in [3.05, 3.63) is 34.3 Å². The van der Waals surface area contributed by atoms with E-state index in [9.17, 15) is 9.59 Å². The zero-order chi connectivity index (χ0) is 13.0.